The van der Waals surface area contributed by atoms with Crippen molar-refractivity contribution in [1.82, 2.24) is 5.32 Å². The SMILES string of the molecule is CC1CNCC1N(C)c1ccccc1. The number of nitrogens with zero attached hydrogens (tertiary/aromatic N) is 1. The van der Waals surface area contributed by atoms with Gasteiger partial charge in [0, 0.05) is 25.3 Å². The summed E-state index contributed by atoms with van der Waals surface area (Å²) in [6, 6.07) is 11.2. The van der Waals surface area contributed by atoms with Crippen LogP contribution < -0.4 is 10.2 Å². The zero-order chi connectivity index (χ0) is 9.97. The average molecular weight is 190 g/mol. The van der Waals surface area contributed by atoms with Crippen LogP contribution in [0.3, 0.4) is 0 Å². The van der Waals surface area contributed by atoms with Crippen LogP contribution in [0.1, 0.15) is 6.92 Å². The minimum atomic E-state index is 0.636. The lowest BCUT2D eigenvalue weighted by molar-refractivity contribution is 0.540. The molecule has 0 radical (unpaired) electrons. The highest BCUT2D eigenvalue weighted by molar-refractivity contribution is 5.46. The molecule has 1 aliphatic rings. The number of hydrogen-bond acceptors (Lipinski definition) is 2. The third-order valence-corrected chi connectivity index (χ3v) is 3.14. The Morgan fingerprint density at radius 2 is 1.93 bits per heavy atom. The summed E-state index contributed by atoms with van der Waals surface area (Å²) in [6.45, 7) is 4.55. The van der Waals surface area contributed by atoms with E-state index >= 15 is 0 Å². The lowest BCUT2D eigenvalue weighted by Gasteiger charge is -2.29. The molecule has 1 N–H and O–H groups in total. The van der Waals surface area contributed by atoms with E-state index < -0.39 is 0 Å². The number of benzene rings is 1. The van der Waals surface area contributed by atoms with Gasteiger partial charge in [0.25, 0.3) is 0 Å². The van der Waals surface area contributed by atoms with Crippen molar-refractivity contribution in [2.24, 2.45) is 5.92 Å². The van der Waals surface area contributed by atoms with Crippen LogP contribution in [-0.2, 0) is 0 Å². The molecule has 2 unspecified atom stereocenters. The second-order valence-corrected chi connectivity index (χ2v) is 4.15. The van der Waals surface area contributed by atoms with E-state index in [1.807, 2.05) is 0 Å². The third-order valence-electron chi connectivity index (χ3n) is 3.14. The Morgan fingerprint density at radius 3 is 2.50 bits per heavy atom. The van der Waals surface area contributed by atoms with E-state index in [0.29, 0.717) is 6.04 Å². The third kappa shape index (κ3) is 1.75. The number of rotatable bonds is 2. The summed E-state index contributed by atoms with van der Waals surface area (Å²) < 4.78 is 0. The van der Waals surface area contributed by atoms with Crippen molar-refractivity contribution in [2.45, 2.75) is 13.0 Å². The Morgan fingerprint density at radius 1 is 1.21 bits per heavy atom. The fourth-order valence-electron chi connectivity index (χ4n) is 2.17. The van der Waals surface area contributed by atoms with E-state index in [1.54, 1.807) is 0 Å². The molecule has 0 bridgehead atoms. The first-order valence-electron chi connectivity index (χ1n) is 5.27. The molecular formula is C12H18N2. The van der Waals surface area contributed by atoms with Gasteiger partial charge in [-0.25, -0.2) is 0 Å². The van der Waals surface area contributed by atoms with Crippen LogP contribution in [0.2, 0.25) is 0 Å². The van der Waals surface area contributed by atoms with Crippen LogP contribution in [-0.4, -0.2) is 26.2 Å². The van der Waals surface area contributed by atoms with Crippen LogP contribution in [0.5, 0.6) is 0 Å². The molecule has 1 aliphatic heterocycles. The van der Waals surface area contributed by atoms with Gasteiger partial charge in [0.1, 0.15) is 0 Å². The van der Waals surface area contributed by atoms with Crippen molar-refractivity contribution in [3.63, 3.8) is 0 Å². The lowest BCUT2D eigenvalue weighted by Crippen LogP contribution is -2.36. The minimum absolute atomic E-state index is 0.636. The van der Waals surface area contributed by atoms with Crippen LogP contribution in [0.4, 0.5) is 5.69 Å². The molecule has 76 valence electrons. The van der Waals surface area contributed by atoms with Gasteiger partial charge in [-0.15, -0.1) is 0 Å². The molecule has 2 atom stereocenters. The van der Waals surface area contributed by atoms with Crippen molar-refractivity contribution in [2.75, 3.05) is 25.0 Å². The van der Waals surface area contributed by atoms with Crippen molar-refractivity contribution >= 4 is 5.69 Å². The van der Waals surface area contributed by atoms with E-state index in [2.05, 4.69) is 54.5 Å². The Hall–Kier alpha value is -1.02. The first-order chi connectivity index (χ1) is 6.79. The molecular weight excluding hydrogens is 172 g/mol. The standard InChI is InChI=1S/C12H18N2/c1-10-8-13-9-12(10)14(2)11-6-4-3-5-7-11/h3-7,10,12-13H,8-9H2,1-2H3. The fourth-order valence-corrected chi connectivity index (χ4v) is 2.17. The predicted molar refractivity (Wildman–Crippen MR) is 60.7 cm³/mol. The number of anilines is 1. The average Bonchev–Trinajstić information content (AvgIpc) is 2.65. The molecule has 1 heterocycles. The predicted octanol–water partition coefficient (Wildman–Crippen LogP) is 1.73. The monoisotopic (exact) mass is 190 g/mol. The van der Waals surface area contributed by atoms with Crippen LogP contribution in [0, 0.1) is 5.92 Å². The van der Waals surface area contributed by atoms with E-state index in [0.717, 1.165) is 19.0 Å². The minimum Gasteiger partial charge on any atom is -0.370 e. The van der Waals surface area contributed by atoms with Gasteiger partial charge in [0.2, 0.25) is 0 Å². The molecule has 0 amide bonds. The smallest absolute Gasteiger partial charge is 0.0448 e. The van der Waals surface area contributed by atoms with E-state index in [4.69, 9.17) is 0 Å². The summed E-state index contributed by atoms with van der Waals surface area (Å²) in [7, 11) is 2.18. The molecule has 2 rings (SSSR count). The summed E-state index contributed by atoms with van der Waals surface area (Å²) >= 11 is 0. The fraction of sp³-hybridized carbons (Fsp3) is 0.500. The summed E-state index contributed by atoms with van der Waals surface area (Å²) in [5.41, 5.74) is 1.31. The molecule has 2 nitrogen and oxygen atoms in total. The van der Waals surface area contributed by atoms with Crippen molar-refractivity contribution < 1.29 is 0 Å². The molecule has 1 fully saturated rings. The Kier molecular flexibility index (Phi) is 2.73. The van der Waals surface area contributed by atoms with Gasteiger partial charge in [0.05, 0.1) is 0 Å². The van der Waals surface area contributed by atoms with E-state index in [9.17, 15) is 0 Å². The zero-order valence-electron chi connectivity index (χ0n) is 8.90. The van der Waals surface area contributed by atoms with E-state index in [1.165, 1.54) is 5.69 Å². The molecule has 0 spiro atoms. The highest BCUT2D eigenvalue weighted by atomic mass is 15.2. The molecule has 0 aromatic heterocycles. The van der Waals surface area contributed by atoms with E-state index in [-0.39, 0.29) is 0 Å². The highest BCUT2D eigenvalue weighted by Gasteiger charge is 2.26. The number of nitrogens with one attached hydrogen (secondary N) is 1. The maximum atomic E-state index is 3.43. The molecule has 2 heteroatoms. The molecule has 1 saturated heterocycles. The molecule has 14 heavy (non-hydrogen) atoms. The molecule has 0 saturated carbocycles. The topological polar surface area (TPSA) is 15.3 Å². The maximum absolute atomic E-state index is 3.43. The quantitative estimate of drug-likeness (QED) is 0.764. The summed E-state index contributed by atoms with van der Waals surface area (Å²) in [5.74, 6) is 0.736. The molecule has 0 aliphatic carbocycles. The Labute approximate surface area is 85.9 Å². The second-order valence-electron chi connectivity index (χ2n) is 4.15. The maximum Gasteiger partial charge on any atom is 0.0448 e. The zero-order valence-corrected chi connectivity index (χ0v) is 8.90. The summed E-state index contributed by atoms with van der Waals surface area (Å²) in [4.78, 5) is 2.38. The number of hydrogen-bond donors (Lipinski definition) is 1. The number of para-hydroxylation sites is 1. The van der Waals surface area contributed by atoms with Crippen molar-refractivity contribution in [3.05, 3.63) is 30.3 Å². The Bertz CT molecular complexity index is 284. The van der Waals surface area contributed by atoms with Crippen LogP contribution >= 0.6 is 0 Å². The van der Waals surface area contributed by atoms with Gasteiger partial charge >= 0.3 is 0 Å². The second kappa shape index (κ2) is 4.01. The lowest BCUT2D eigenvalue weighted by atomic mass is 10.0. The van der Waals surface area contributed by atoms with Crippen molar-refractivity contribution in [3.8, 4) is 0 Å². The van der Waals surface area contributed by atoms with Gasteiger partial charge in [-0.1, -0.05) is 25.1 Å². The molecule has 1 aromatic carbocycles. The normalized spacial score (nSPS) is 26.4. The number of likely N-dealkylation sites (N-methyl/N-ethyl adjacent to an activating group) is 1. The van der Waals surface area contributed by atoms with Gasteiger partial charge < -0.3 is 10.2 Å². The first kappa shape index (κ1) is 9.53. The van der Waals surface area contributed by atoms with Gasteiger partial charge in [-0.3, -0.25) is 0 Å². The van der Waals surface area contributed by atoms with Gasteiger partial charge in [-0.05, 0) is 24.6 Å². The first-order valence-corrected chi connectivity index (χ1v) is 5.27. The Balaban J connectivity index is 2.12. The van der Waals surface area contributed by atoms with Gasteiger partial charge in [-0.2, -0.15) is 0 Å². The largest absolute Gasteiger partial charge is 0.370 e. The van der Waals surface area contributed by atoms with Crippen molar-refractivity contribution in [1.29, 1.82) is 0 Å². The highest BCUT2D eigenvalue weighted by Crippen LogP contribution is 2.20. The molecule has 1 aromatic rings. The van der Waals surface area contributed by atoms with Crippen LogP contribution in [0.15, 0.2) is 30.3 Å². The summed E-state index contributed by atoms with van der Waals surface area (Å²) in [5, 5.41) is 3.43. The summed E-state index contributed by atoms with van der Waals surface area (Å²) in [6.07, 6.45) is 0. The van der Waals surface area contributed by atoms with Gasteiger partial charge in [0.15, 0.2) is 0 Å². The van der Waals surface area contributed by atoms with Crippen LogP contribution in [0.25, 0.3) is 0 Å².